The van der Waals surface area contributed by atoms with E-state index in [0.29, 0.717) is 10.7 Å². The summed E-state index contributed by atoms with van der Waals surface area (Å²) in [7, 11) is 0. The third kappa shape index (κ3) is 2.79. The third-order valence-electron chi connectivity index (χ3n) is 2.11. The van der Waals surface area contributed by atoms with Crippen molar-refractivity contribution in [2.45, 2.75) is 5.16 Å². The number of nitrogens with zero attached hydrogens (tertiary/aromatic N) is 1. The van der Waals surface area contributed by atoms with Gasteiger partial charge in [-0.2, -0.15) is 0 Å². The Morgan fingerprint density at radius 2 is 2.18 bits per heavy atom. The Bertz CT molecular complexity index is 526. The van der Waals surface area contributed by atoms with Crippen molar-refractivity contribution in [1.82, 2.24) is 9.97 Å². The number of nitrogens with one attached hydrogen (secondary N) is 1. The predicted molar refractivity (Wildman–Crippen MR) is 63.4 cm³/mol. The van der Waals surface area contributed by atoms with Gasteiger partial charge in [-0.1, -0.05) is 11.8 Å². The van der Waals surface area contributed by atoms with Crippen molar-refractivity contribution in [1.29, 1.82) is 0 Å². The maximum Gasteiger partial charge on any atom is 0.173 e. The summed E-state index contributed by atoms with van der Waals surface area (Å²) in [5.74, 6) is -0.446. The predicted octanol–water partition coefficient (Wildman–Crippen LogP) is 1.80. The number of thioether (sulfide) groups is 1. The Morgan fingerprint density at radius 1 is 1.35 bits per heavy atom. The van der Waals surface area contributed by atoms with Gasteiger partial charge in [0.1, 0.15) is 0 Å². The van der Waals surface area contributed by atoms with Gasteiger partial charge < -0.3 is 15.2 Å². The molecule has 6 heteroatoms. The molecular formula is C11H10N2O3S. The minimum Gasteiger partial charge on any atom is -0.504 e. The fourth-order valence-corrected chi connectivity index (χ4v) is 1.97. The van der Waals surface area contributed by atoms with E-state index in [1.807, 2.05) is 0 Å². The van der Waals surface area contributed by atoms with E-state index >= 15 is 0 Å². The first-order chi connectivity index (χ1) is 8.16. The van der Waals surface area contributed by atoms with Gasteiger partial charge in [-0.15, -0.1) is 0 Å². The average Bonchev–Trinajstić information content (AvgIpc) is 2.82. The molecule has 3 N–H and O–H groups in total. The zero-order valence-electron chi connectivity index (χ0n) is 8.75. The molecule has 17 heavy (non-hydrogen) atoms. The quantitative estimate of drug-likeness (QED) is 0.437. The van der Waals surface area contributed by atoms with Gasteiger partial charge in [0.05, 0.1) is 5.75 Å². The van der Waals surface area contributed by atoms with Crippen molar-refractivity contribution in [3.8, 4) is 11.5 Å². The van der Waals surface area contributed by atoms with Crippen LogP contribution in [0.1, 0.15) is 10.4 Å². The molecule has 0 radical (unpaired) electrons. The second kappa shape index (κ2) is 4.92. The van der Waals surface area contributed by atoms with Crippen LogP contribution < -0.4 is 0 Å². The number of carbonyl (C=O) groups is 1. The van der Waals surface area contributed by atoms with Gasteiger partial charge in [0.2, 0.25) is 0 Å². The number of phenolic OH excluding ortho intramolecular Hbond substituents is 2. The summed E-state index contributed by atoms with van der Waals surface area (Å²) in [5.41, 5.74) is 0.361. The molecule has 0 aliphatic carbocycles. The Kier molecular flexibility index (Phi) is 3.34. The van der Waals surface area contributed by atoms with Gasteiger partial charge in [0.25, 0.3) is 0 Å². The van der Waals surface area contributed by atoms with E-state index in [2.05, 4.69) is 9.97 Å². The highest BCUT2D eigenvalue weighted by molar-refractivity contribution is 7.99. The van der Waals surface area contributed by atoms with E-state index in [4.69, 9.17) is 5.11 Å². The Morgan fingerprint density at radius 3 is 2.82 bits per heavy atom. The third-order valence-corrected chi connectivity index (χ3v) is 3.01. The van der Waals surface area contributed by atoms with Gasteiger partial charge in [-0.3, -0.25) is 4.79 Å². The van der Waals surface area contributed by atoms with Crippen molar-refractivity contribution in [3.63, 3.8) is 0 Å². The van der Waals surface area contributed by atoms with Gasteiger partial charge in [0.15, 0.2) is 22.4 Å². The molecule has 0 amide bonds. The highest BCUT2D eigenvalue weighted by Gasteiger charge is 2.10. The number of hydrogen-bond donors (Lipinski definition) is 3. The fourth-order valence-electron chi connectivity index (χ4n) is 1.24. The van der Waals surface area contributed by atoms with E-state index < -0.39 is 0 Å². The van der Waals surface area contributed by atoms with Gasteiger partial charge >= 0.3 is 0 Å². The first kappa shape index (κ1) is 11.5. The standard InChI is InChI=1S/C11H10N2O3S/c14-8-2-1-7(5-9(8)15)10(16)6-17-11-12-3-4-13-11/h1-5,14-15H,6H2,(H,12,13). The molecule has 0 atom stereocenters. The van der Waals surface area contributed by atoms with Crippen molar-refractivity contribution >= 4 is 17.5 Å². The SMILES string of the molecule is O=C(CSc1ncc[nH]1)c1ccc(O)c(O)c1. The number of Topliss-reactive ketones (excluding diaryl/α,β-unsaturated/α-hetero) is 1. The molecule has 0 saturated heterocycles. The Hall–Kier alpha value is -1.95. The van der Waals surface area contributed by atoms with E-state index in [-0.39, 0.29) is 23.0 Å². The Balaban J connectivity index is 2.02. The van der Waals surface area contributed by atoms with Gasteiger partial charge in [-0.25, -0.2) is 4.98 Å². The lowest BCUT2D eigenvalue weighted by molar-refractivity contribution is 0.102. The first-order valence-corrected chi connectivity index (χ1v) is 5.83. The van der Waals surface area contributed by atoms with Crippen LogP contribution in [0.5, 0.6) is 11.5 Å². The molecule has 1 heterocycles. The van der Waals surface area contributed by atoms with Crippen LogP contribution in [0.3, 0.4) is 0 Å². The molecule has 1 aromatic carbocycles. The first-order valence-electron chi connectivity index (χ1n) is 4.84. The maximum absolute atomic E-state index is 11.7. The van der Waals surface area contributed by atoms with E-state index in [1.54, 1.807) is 12.4 Å². The minimum absolute atomic E-state index is 0.137. The van der Waals surface area contributed by atoms with Crippen LogP contribution >= 0.6 is 11.8 Å². The van der Waals surface area contributed by atoms with Crippen LogP contribution in [0.15, 0.2) is 35.7 Å². The highest BCUT2D eigenvalue weighted by Crippen LogP contribution is 2.25. The fraction of sp³-hybridized carbons (Fsp3) is 0.0909. The smallest absolute Gasteiger partial charge is 0.173 e. The number of ketones is 1. The number of benzene rings is 1. The van der Waals surface area contributed by atoms with Crippen molar-refractivity contribution < 1.29 is 15.0 Å². The topological polar surface area (TPSA) is 86.2 Å². The summed E-state index contributed by atoms with van der Waals surface area (Å²) >= 11 is 1.28. The lowest BCUT2D eigenvalue weighted by atomic mass is 10.1. The molecule has 1 aromatic heterocycles. The second-order valence-corrected chi connectivity index (χ2v) is 4.27. The number of rotatable bonds is 4. The second-order valence-electron chi connectivity index (χ2n) is 3.31. The number of aromatic amines is 1. The summed E-state index contributed by atoms with van der Waals surface area (Å²) in [6, 6.07) is 4.01. The summed E-state index contributed by atoms with van der Waals surface area (Å²) in [6.07, 6.45) is 3.29. The Labute approximate surface area is 102 Å². The minimum atomic E-state index is -0.293. The zero-order chi connectivity index (χ0) is 12.3. The van der Waals surface area contributed by atoms with E-state index in [0.717, 1.165) is 0 Å². The number of imidazole rings is 1. The number of H-pyrrole nitrogens is 1. The van der Waals surface area contributed by atoms with Crippen molar-refractivity contribution in [2.75, 3.05) is 5.75 Å². The monoisotopic (exact) mass is 250 g/mol. The molecule has 5 nitrogen and oxygen atoms in total. The average molecular weight is 250 g/mol. The van der Waals surface area contributed by atoms with Crippen molar-refractivity contribution in [3.05, 3.63) is 36.2 Å². The summed E-state index contributed by atoms with van der Waals surface area (Å²) < 4.78 is 0. The number of aromatic hydroxyl groups is 2. The number of carbonyl (C=O) groups excluding carboxylic acids is 1. The molecule has 2 rings (SSSR count). The number of phenols is 2. The molecule has 0 saturated carbocycles. The largest absolute Gasteiger partial charge is 0.504 e. The normalized spacial score (nSPS) is 10.4. The zero-order valence-corrected chi connectivity index (χ0v) is 9.57. The summed E-state index contributed by atoms with van der Waals surface area (Å²) in [5, 5.41) is 19.1. The molecule has 2 aromatic rings. The van der Waals surface area contributed by atoms with Crippen LogP contribution in [0.2, 0.25) is 0 Å². The molecule has 0 unspecified atom stereocenters. The summed E-state index contributed by atoms with van der Waals surface area (Å²) in [4.78, 5) is 18.6. The van der Waals surface area contributed by atoms with Crippen LogP contribution in [0.25, 0.3) is 0 Å². The van der Waals surface area contributed by atoms with E-state index in [1.165, 1.54) is 30.0 Å². The van der Waals surface area contributed by atoms with E-state index in [9.17, 15) is 9.90 Å². The highest BCUT2D eigenvalue weighted by atomic mass is 32.2. The molecule has 0 aliphatic rings. The molecule has 0 fully saturated rings. The molecule has 88 valence electrons. The van der Waals surface area contributed by atoms with Gasteiger partial charge in [0, 0.05) is 18.0 Å². The van der Waals surface area contributed by atoms with Crippen LogP contribution in [-0.2, 0) is 0 Å². The van der Waals surface area contributed by atoms with Crippen LogP contribution in [0, 0.1) is 0 Å². The molecule has 0 aliphatic heterocycles. The molecule has 0 spiro atoms. The molecule has 0 bridgehead atoms. The summed E-state index contributed by atoms with van der Waals surface area (Å²) in [6.45, 7) is 0. The van der Waals surface area contributed by atoms with Crippen LogP contribution in [-0.4, -0.2) is 31.7 Å². The van der Waals surface area contributed by atoms with Crippen LogP contribution in [0.4, 0.5) is 0 Å². The maximum atomic E-state index is 11.7. The lowest BCUT2D eigenvalue weighted by Crippen LogP contribution is -2.02. The molecular weight excluding hydrogens is 240 g/mol. The lowest BCUT2D eigenvalue weighted by Gasteiger charge is -2.02. The number of hydrogen-bond acceptors (Lipinski definition) is 5. The van der Waals surface area contributed by atoms with Crippen molar-refractivity contribution in [2.24, 2.45) is 0 Å². The number of aromatic nitrogens is 2. The van der Waals surface area contributed by atoms with Gasteiger partial charge in [-0.05, 0) is 18.2 Å².